The largest absolute Gasteiger partial charge is 0.496 e. The molecular weight excluding hydrogens is 228 g/mol. The molecule has 2 aliphatic rings. The van der Waals surface area contributed by atoms with Crippen LogP contribution in [0.2, 0.25) is 0 Å². The van der Waals surface area contributed by atoms with Gasteiger partial charge in [0.25, 0.3) is 0 Å². The average molecular weight is 246 g/mol. The SMILES string of the molecule is COc1ccccc1CC(=O)NC1C2CNCC21. The molecule has 1 heterocycles. The Hall–Kier alpha value is -1.55. The number of carbonyl (C=O) groups is 1. The Morgan fingerprint density at radius 3 is 2.83 bits per heavy atom. The standard InChI is InChI=1S/C14H18N2O2/c1-18-12-5-3-2-4-9(12)6-13(17)16-14-10-7-15-8-11(10)14/h2-5,10-11,14-15H,6-8H2,1H3,(H,16,17). The number of rotatable bonds is 4. The number of ether oxygens (including phenoxy) is 1. The van der Waals surface area contributed by atoms with Gasteiger partial charge >= 0.3 is 0 Å². The molecule has 1 aromatic rings. The van der Waals surface area contributed by atoms with Crippen molar-refractivity contribution in [2.45, 2.75) is 12.5 Å². The fraction of sp³-hybridized carbons (Fsp3) is 0.500. The zero-order chi connectivity index (χ0) is 12.5. The Balaban J connectivity index is 1.57. The number of para-hydroxylation sites is 1. The predicted octanol–water partition coefficient (Wildman–Crippen LogP) is 0.572. The van der Waals surface area contributed by atoms with Crippen LogP contribution in [0.3, 0.4) is 0 Å². The van der Waals surface area contributed by atoms with E-state index in [0.717, 1.165) is 24.4 Å². The van der Waals surface area contributed by atoms with Crippen molar-refractivity contribution in [1.29, 1.82) is 0 Å². The lowest BCUT2D eigenvalue weighted by Crippen LogP contribution is -2.33. The van der Waals surface area contributed by atoms with Crippen molar-refractivity contribution in [1.82, 2.24) is 10.6 Å². The summed E-state index contributed by atoms with van der Waals surface area (Å²) in [5.41, 5.74) is 0.946. The Labute approximate surface area is 107 Å². The minimum absolute atomic E-state index is 0.0962. The van der Waals surface area contributed by atoms with E-state index < -0.39 is 0 Å². The number of carbonyl (C=O) groups excluding carboxylic acids is 1. The molecule has 0 spiro atoms. The van der Waals surface area contributed by atoms with Gasteiger partial charge in [0.2, 0.25) is 5.91 Å². The summed E-state index contributed by atoms with van der Waals surface area (Å²) < 4.78 is 5.25. The molecule has 18 heavy (non-hydrogen) atoms. The average Bonchev–Trinajstić information content (AvgIpc) is 2.83. The zero-order valence-electron chi connectivity index (χ0n) is 10.5. The van der Waals surface area contributed by atoms with Gasteiger partial charge in [-0.15, -0.1) is 0 Å². The fourth-order valence-corrected chi connectivity index (χ4v) is 2.89. The van der Waals surface area contributed by atoms with Gasteiger partial charge in [-0.3, -0.25) is 4.79 Å². The van der Waals surface area contributed by atoms with Gasteiger partial charge in [-0.2, -0.15) is 0 Å². The van der Waals surface area contributed by atoms with Crippen LogP contribution in [0.15, 0.2) is 24.3 Å². The topological polar surface area (TPSA) is 50.4 Å². The summed E-state index contributed by atoms with van der Waals surface area (Å²) in [7, 11) is 1.63. The van der Waals surface area contributed by atoms with E-state index in [1.54, 1.807) is 7.11 Å². The number of benzene rings is 1. The van der Waals surface area contributed by atoms with Gasteiger partial charge in [0.15, 0.2) is 0 Å². The number of hydrogen-bond donors (Lipinski definition) is 2. The lowest BCUT2D eigenvalue weighted by molar-refractivity contribution is -0.120. The molecule has 4 nitrogen and oxygen atoms in total. The monoisotopic (exact) mass is 246 g/mol. The van der Waals surface area contributed by atoms with E-state index in [0.29, 0.717) is 24.3 Å². The Kier molecular flexibility index (Phi) is 2.96. The second kappa shape index (κ2) is 4.61. The number of hydrogen-bond acceptors (Lipinski definition) is 3. The van der Waals surface area contributed by atoms with Crippen LogP contribution < -0.4 is 15.4 Å². The second-order valence-corrected chi connectivity index (χ2v) is 5.07. The molecule has 1 saturated carbocycles. The van der Waals surface area contributed by atoms with Gasteiger partial charge in [0.05, 0.1) is 13.5 Å². The molecule has 3 rings (SSSR count). The van der Waals surface area contributed by atoms with Gasteiger partial charge in [-0.1, -0.05) is 18.2 Å². The van der Waals surface area contributed by atoms with Crippen LogP contribution in [0, 0.1) is 11.8 Å². The van der Waals surface area contributed by atoms with Crippen molar-refractivity contribution < 1.29 is 9.53 Å². The van der Waals surface area contributed by atoms with Crippen molar-refractivity contribution in [3.05, 3.63) is 29.8 Å². The van der Waals surface area contributed by atoms with Crippen molar-refractivity contribution in [3.8, 4) is 5.75 Å². The quantitative estimate of drug-likeness (QED) is 0.816. The highest BCUT2D eigenvalue weighted by Crippen LogP contribution is 2.41. The lowest BCUT2D eigenvalue weighted by Gasteiger charge is -2.10. The first-order chi connectivity index (χ1) is 8.79. The van der Waals surface area contributed by atoms with Crippen molar-refractivity contribution in [3.63, 3.8) is 0 Å². The van der Waals surface area contributed by atoms with E-state index in [1.165, 1.54) is 0 Å². The zero-order valence-corrected chi connectivity index (χ0v) is 10.5. The molecule has 1 aromatic carbocycles. The maximum atomic E-state index is 12.0. The summed E-state index contributed by atoms with van der Waals surface area (Å²) in [4.78, 5) is 12.0. The summed E-state index contributed by atoms with van der Waals surface area (Å²) in [5.74, 6) is 2.20. The second-order valence-electron chi connectivity index (χ2n) is 5.07. The third-order valence-electron chi connectivity index (χ3n) is 3.96. The van der Waals surface area contributed by atoms with Crippen molar-refractivity contribution in [2.24, 2.45) is 11.8 Å². The van der Waals surface area contributed by atoms with Crippen LogP contribution >= 0.6 is 0 Å². The Morgan fingerprint density at radius 2 is 2.11 bits per heavy atom. The van der Waals surface area contributed by atoms with Gasteiger partial charge in [-0.05, 0) is 17.9 Å². The first-order valence-corrected chi connectivity index (χ1v) is 6.41. The first-order valence-electron chi connectivity index (χ1n) is 6.41. The van der Waals surface area contributed by atoms with Crippen LogP contribution in [0.4, 0.5) is 0 Å². The molecule has 1 aliphatic heterocycles. The molecule has 96 valence electrons. The first kappa shape index (κ1) is 11.5. The van der Waals surface area contributed by atoms with Crippen LogP contribution in [0.5, 0.6) is 5.75 Å². The summed E-state index contributed by atoms with van der Waals surface area (Å²) in [5, 5.41) is 6.44. The highest BCUT2D eigenvalue weighted by Gasteiger charge is 2.53. The van der Waals surface area contributed by atoms with E-state index in [1.807, 2.05) is 24.3 Å². The number of amides is 1. The molecular formula is C14H18N2O2. The van der Waals surface area contributed by atoms with E-state index >= 15 is 0 Å². The summed E-state index contributed by atoms with van der Waals surface area (Å²) in [6.07, 6.45) is 0.396. The molecule has 2 fully saturated rings. The highest BCUT2D eigenvalue weighted by molar-refractivity contribution is 5.80. The van der Waals surface area contributed by atoms with Crippen LogP contribution in [0.25, 0.3) is 0 Å². The summed E-state index contributed by atoms with van der Waals surface area (Å²) in [6.45, 7) is 2.09. The molecule has 0 bridgehead atoms. The van der Waals surface area contributed by atoms with Gasteiger partial charge in [0, 0.05) is 24.7 Å². The molecule has 0 aromatic heterocycles. The molecule has 1 aliphatic carbocycles. The third-order valence-corrected chi connectivity index (χ3v) is 3.96. The molecule has 1 saturated heterocycles. The van der Waals surface area contributed by atoms with Crippen LogP contribution in [-0.4, -0.2) is 32.1 Å². The Bertz CT molecular complexity index is 451. The molecule has 1 amide bonds. The maximum absolute atomic E-state index is 12.0. The van der Waals surface area contributed by atoms with Crippen molar-refractivity contribution in [2.75, 3.05) is 20.2 Å². The van der Waals surface area contributed by atoms with Crippen LogP contribution in [0.1, 0.15) is 5.56 Å². The molecule has 2 N–H and O–H groups in total. The van der Waals surface area contributed by atoms with Gasteiger partial charge in [0.1, 0.15) is 5.75 Å². The predicted molar refractivity (Wildman–Crippen MR) is 68.5 cm³/mol. The number of fused-ring (bicyclic) bond motifs is 1. The molecule has 0 radical (unpaired) electrons. The molecule has 2 atom stereocenters. The third kappa shape index (κ3) is 2.08. The van der Waals surface area contributed by atoms with E-state index in [-0.39, 0.29) is 5.91 Å². The minimum atomic E-state index is 0.0962. The summed E-state index contributed by atoms with van der Waals surface area (Å²) in [6, 6.07) is 8.07. The number of nitrogens with one attached hydrogen (secondary N) is 2. The van der Waals surface area contributed by atoms with E-state index in [9.17, 15) is 4.79 Å². The fourth-order valence-electron chi connectivity index (χ4n) is 2.89. The molecule has 4 heteroatoms. The van der Waals surface area contributed by atoms with Gasteiger partial charge < -0.3 is 15.4 Å². The van der Waals surface area contributed by atoms with E-state index in [4.69, 9.17) is 4.74 Å². The normalized spacial score (nSPS) is 28.6. The Morgan fingerprint density at radius 1 is 1.39 bits per heavy atom. The molecule has 2 unspecified atom stereocenters. The van der Waals surface area contributed by atoms with E-state index in [2.05, 4.69) is 10.6 Å². The lowest BCUT2D eigenvalue weighted by atomic mass is 10.1. The smallest absolute Gasteiger partial charge is 0.224 e. The highest BCUT2D eigenvalue weighted by atomic mass is 16.5. The van der Waals surface area contributed by atoms with Crippen LogP contribution in [-0.2, 0) is 11.2 Å². The number of methoxy groups -OCH3 is 1. The number of piperidine rings is 1. The van der Waals surface area contributed by atoms with Gasteiger partial charge in [-0.25, -0.2) is 0 Å². The van der Waals surface area contributed by atoms with Crippen molar-refractivity contribution >= 4 is 5.91 Å². The maximum Gasteiger partial charge on any atom is 0.224 e. The minimum Gasteiger partial charge on any atom is -0.496 e. The summed E-state index contributed by atoms with van der Waals surface area (Å²) >= 11 is 0.